The molecular weight excluding hydrogens is 171 g/mol. The first-order chi connectivity index (χ1) is 4.65. The lowest BCUT2D eigenvalue weighted by Gasteiger charge is -2.26. The van der Waals surface area contributed by atoms with Gasteiger partial charge in [-0.25, -0.2) is 0 Å². The topological polar surface area (TPSA) is 17.1 Å². The summed E-state index contributed by atoms with van der Waals surface area (Å²) in [6.07, 6.45) is 4.73. The van der Waals surface area contributed by atoms with Crippen LogP contribution in [-0.2, 0) is 4.79 Å². The van der Waals surface area contributed by atoms with Crippen molar-refractivity contribution in [3.63, 3.8) is 0 Å². The van der Waals surface area contributed by atoms with Crippen LogP contribution < -0.4 is 0 Å². The minimum Gasteiger partial charge on any atom is -0.279 e. The lowest BCUT2D eigenvalue weighted by molar-refractivity contribution is -0.114. The number of hydrogen-bond acceptors (Lipinski definition) is 1. The molecular formula is C7H10Cl2O. The summed E-state index contributed by atoms with van der Waals surface area (Å²) in [5.41, 5.74) is 0. The van der Waals surface area contributed by atoms with E-state index in [1.807, 2.05) is 0 Å². The van der Waals surface area contributed by atoms with Gasteiger partial charge in [0.05, 0.1) is 0 Å². The number of rotatable bonds is 1. The van der Waals surface area contributed by atoms with Crippen LogP contribution in [0.3, 0.4) is 0 Å². The van der Waals surface area contributed by atoms with E-state index in [0.717, 1.165) is 25.7 Å². The Kier molecular flexibility index (Phi) is 2.59. The zero-order chi connectivity index (χ0) is 7.61. The molecule has 0 heterocycles. The van der Waals surface area contributed by atoms with E-state index < -0.39 is 4.87 Å². The Morgan fingerprint density at radius 3 is 2.00 bits per heavy atom. The van der Waals surface area contributed by atoms with E-state index in [1.165, 1.54) is 6.42 Å². The van der Waals surface area contributed by atoms with Gasteiger partial charge in [0.15, 0.2) is 0 Å². The summed E-state index contributed by atoms with van der Waals surface area (Å²) in [6, 6.07) is 0. The normalized spacial score (nSPS) is 24.2. The Labute approximate surface area is 70.7 Å². The SMILES string of the molecule is O=C(Cl)C1(Cl)CCCCC1. The fourth-order valence-corrected chi connectivity index (χ4v) is 1.76. The fraction of sp³-hybridized carbons (Fsp3) is 0.857. The molecule has 1 nitrogen and oxygen atoms in total. The van der Waals surface area contributed by atoms with Crippen LogP contribution in [0.2, 0.25) is 0 Å². The summed E-state index contributed by atoms with van der Waals surface area (Å²) in [6.45, 7) is 0. The molecule has 0 spiro atoms. The van der Waals surface area contributed by atoms with E-state index in [1.54, 1.807) is 0 Å². The third kappa shape index (κ3) is 1.64. The Balaban J connectivity index is 2.56. The Bertz CT molecular complexity index is 139. The molecule has 10 heavy (non-hydrogen) atoms. The molecule has 0 amide bonds. The molecule has 0 bridgehead atoms. The van der Waals surface area contributed by atoms with Gasteiger partial charge in [-0.2, -0.15) is 0 Å². The second-order valence-electron chi connectivity index (χ2n) is 2.80. The van der Waals surface area contributed by atoms with E-state index in [0.29, 0.717) is 0 Å². The highest BCUT2D eigenvalue weighted by atomic mass is 35.5. The van der Waals surface area contributed by atoms with Crippen molar-refractivity contribution in [1.29, 1.82) is 0 Å². The molecule has 1 aliphatic carbocycles. The maximum atomic E-state index is 10.8. The van der Waals surface area contributed by atoms with Gasteiger partial charge in [0.25, 0.3) is 0 Å². The highest BCUT2D eigenvalue weighted by Gasteiger charge is 2.35. The number of carbonyl (C=O) groups is 1. The van der Waals surface area contributed by atoms with Crippen LogP contribution in [-0.4, -0.2) is 10.1 Å². The van der Waals surface area contributed by atoms with Crippen LogP contribution >= 0.6 is 23.2 Å². The minimum absolute atomic E-state index is 0.381. The molecule has 1 rings (SSSR count). The summed E-state index contributed by atoms with van der Waals surface area (Å²) in [5.74, 6) is 0. The van der Waals surface area contributed by atoms with Crippen LogP contribution in [0.5, 0.6) is 0 Å². The number of halogens is 2. The lowest BCUT2D eigenvalue weighted by Crippen LogP contribution is -2.31. The number of carbonyl (C=O) groups excluding carboxylic acids is 1. The van der Waals surface area contributed by atoms with Crippen molar-refractivity contribution in [2.24, 2.45) is 0 Å². The van der Waals surface area contributed by atoms with Crippen LogP contribution in [0.4, 0.5) is 0 Å². The largest absolute Gasteiger partial charge is 0.279 e. The average Bonchev–Trinajstić information content (AvgIpc) is 1.89. The third-order valence-electron chi connectivity index (χ3n) is 2.00. The Hall–Kier alpha value is 0.250. The van der Waals surface area contributed by atoms with E-state index in [-0.39, 0.29) is 5.24 Å². The summed E-state index contributed by atoms with van der Waals surface area (Å²) in [4.78, 5) is 10.0. The molecule has 0 N–H and O–H groups in total. The number of alkyl halides is 1. The van der Waals surface area contributed by atoms with Crippen LogP contribution in [0, 0.1) is 0 Å². The third-order valence-corrected chi connectivity index (χ3v) is 3.01. The monoisotopic (exact) mass is 180 g/mol. The van der Waals surface area contributed by atoms with Gasteiger partial charge in [-0.1, -0.05) is 19.3 Å². The fourth-order valence-electron chi connectivity index (χ4n) is 1.31. The molecule has 0 atom stereocenters. The van der Waals surface area contributed by atoms with Gasteiger partial charge in [-0.3, -0.25) is 4.79 Å². The molecule has 1 aliphatic rings. The van der Waals surface area contributed by atoms with E-state index in [9.17, 15) is 4.79 Å². The molecule has 0 saturated heterocycles. The summed E-state index contributed by atoms with van der Waals surface area (Å²) < 4.78 is 0. The Morgan fingerprint density at radius 1 is 1.20 bits per heavy atom. The Morgan fingerprint density at radius 2 is 1.70 bits per heavy atom. The molecule has 3 heteroatoms. The van der Waals surface area contributed by atoms with Crippen molar-refractivity contribution in [3.8, 4) is 0 Å². The highest BCUT2D eigenvalue weighted by Crippen LogP contribution is 2.35. The first-order valence-electron chi connectivity index (χ1n) is 3.54. The van der Waals surface area contributed by atoms with Gasteiger partial charge >= 0.3 is 0 Å². The molecule has 0 aromatic heterocycles. The van der Waals surface area contributed by atoms with Crippen molar-refractivity contribution in [2.75, 3.05) is 0 Å². The molecule has 0 aromatic rings. The lowest BCUT2D eigenvalue weighted by atomic mass is 9.89. The van der Waals surface area contributed by atoms with Crippen LogP contribution in [0.15, 0.2) is 0 Å². The van der Waals surface area contributed by atoms with Crippen LogP contribution in [0.25, 0.3) is 0 Å². The van der Waals surface area contributed by atoms with Gasteiger partial charge in [-0.15, -0.1) is 11.6 Å². The minimum atomic E-state index is -0.722. The maximum absolute atomic E-state index is 10.8. The molecule has 1 fully saturated rings. The maximum Gasteiger partial charge on any atom is 0.242 e. The van der Waals surface area contributed by atoms with Gasteiger partial charge in [0.1, 0.15) is 4.87 Å². The van der Waals surface area contributed by atoms with Crippen molar-refractivity contribution >= 4 is 28.4 Å². The van der Waals surface area contributed by atoms with Crippen molar-refractivity contribution in [1.82, 2.24) is 0 Å². The van der Waals surface area contributed by atoms with Crippen molar-refractivity contribution in [2.45, 2.75) is 37.0 Å². The first-order valence-corrected chi connectivity index (χ1v) is 4.30. The van der Waals surface area contributed by atoms with Gasteiger partial charge < -0.3 is 0 Å². The zero-order valence-corrected chi connectivity index (χ0v) is 7.21. The zero-order valence-electron chi connectivity index (χ0n) is 5.70. The molecule has 0 radical (unpaired) electrons. The summed E-state index contributed by atoms with van der Waals surface area (Å²) in [7, 11) is 0. The molecule has 0 aliphatic heterocycles. The first kappa shape index (κ1) is 8.35. The van der Waals surface area contributed by atoms with Crippen molar-refractivity contribution < 1.29 is 4.79 Å². The summed E-state index contributed by atoms with van der Waals surface area (Å²) in [5, 5.41) is -0.381. The van der Waals surface area contributed by atoms with Gasteiger partial charge in [0, 0.05) is 0 Å². The second kappa shape index (κ2) is 3.10. The van der Waals surface area contributed by atoms with Gasteiger partial charge in [0.2, 0.25) is 5.24 Å². The smallest absolute Gasteiger partial charge is 0.242 e. The summed E-state index contributed by atoms with van der Waals surface area (Å²) >= 11 is 11.3. The number of hydrogen-bond donors (Lipinski definition) is 0. The van der Waals surface area contributed by atoms with E-state index in [4.69, 9.17) is 23.2 Å². The van der Waals surface area contributed by atoms with E-state index >= 15 is 0 Å². The highest BCUT2D eigenvalue weighted by molar-refractivity contribution is 6.70. The van der Waals surface area contributed by atoms with Gasteiger partial charge in [-0.05, 0) is 24.4 Å². The molecule has 0 unspecified atom stereocenters. The molecule has 1 saturated carbocycles. The quantitative estimate of drug-likeness (QED) is 0.449. The van der Waals surface area contributed by atoms with Crippen LogP contribution in [0.1, 0.15) is 32.1 Å². The van der Waals surface area contributed by atoms with E-state index in [2.05, 4.69) is 0 Å². The molecule has 58 valence electrons. The average molecular weight is 181 g/mol. The predicted molar refractivity (Wildman–Crippen MR) is 42.5 cm³/mol. The van der Waals surface area contributed by atoms with Crippen molar-refractivity contribution in [3.05, 3.63) is 0 Å². The standard InChI is InChI=1S/C7H10Cl2O/c8-6(10)7(9)4-2-1-3-5-7/h1-5H2. The molecule has 0 aromatic carbocycles. The predicted octanol–water partition coefficient (Wildman–Crippen LogP) is 2.69. The second-order valence-corrected chi connectivity index (χ2v) is 3.87.